The first kappa shape index (κ1) is 22.6. The number of carbonyl (C=O) groups excluding carboxylic acids is 2. The Hall–Kier alpha value is -3.12. The lowest BCUT2D eigenvalue weighted by Gasteiger charge is -2.25. The van der Waals surface area contributed by atoms with Crippen LogP contribution in [-0.4, -0.2) is 48.6 Å². The maximum absolute atomic E-state index is 13.0. The number of aliphatic hydroxyl groups excluding tert-OH is 1. The molecular weight excluding hydrogens is 394 g/mol. The number of likely N-dealkylation sites (tertiary alicyclic amines) is 1. The number of hydrogen-bond acceptors (Lipinski definition) is 5. The van der Waals surface area contributed by atoms with Gasteiger partial charge in [0.05, 0.1) is 18.2 Å². The molecule has 1 N–H and O–H groups in total. The summed E-state index contributed by atoms with van der Waals surface area (Å²) in [4.78, 5) is 27.4. The van der Waals surface area contributed by atoms with E-state index in [0.717, 1.165) is 17.5 Å². The number of carbonyl (C=O) groups is 2. The fraction of sp³-hybridized carbons (Fsp3) is 0.360. The molecule has 31 heavy (non-hydrogen) atoms. The first-order valence-electron chi connectivity index (χ1n) is 10.6. The van der Waals surface area contributed by atoms with Gasteiger partial charge in [-0.3, -0.25) is 9.59 Å². The zero-order valence-electron chi connectivity index (χ0n) is 18.3. The third kappa shape index (κ3) is 4.80. The smallest absolute Gasteiger partial charge is 0.295 e. The summed E-state index contributed by atoms with van der Waals surface area (Å²) in [6.07, 6.45) is 1.48. The van der Waals surface area contributed by atoms with Crippen LogP contribution in [0.3, 0.4) is 0 Å². The summed E-state index contributed by atoms with van der Waals surface area (Å²) >= 11 is 0. The van der Waals surface area contributed by atoms with Crippen molar-refractivity contribution in [2.45, 2.75) is 32.7 Å². The summed E-state index contributed by atoms with van der Waals surface area (Å²) in [5.74, 6) is -0.785. The molecule has 1 fully saturated rings. The van der Waals surface area contributed by atoms with Crippen LogP contribution in [0.4, 0.5) is 0 Å². The molecule has 2 aromatic rings. The van der Waals surface area contributed by atoms with Crippen molar-refractivity contribution in [3.05, 3.63) is 70.8 Å². The van der Waals surface area contributed by atoms with Crippen molar-refractivity contribution in [2.24, 2.45) is 0 Å². The van der Waals surface area contributed by atoms with Gasteiger partial charge in [-0.2, -0.15) is 0 Å². The van der Waals surface area contributed by atoms with Crippen LogP contribution < -0.4 is 4.74 Å². The first-order valence-corrected chi connectivity index (χ1v) is 10.6. The highest BCUT2D eigenvalue weighted by Crippen LogP contribution is 2.39. The first-order chi connectivity index (χ1) is 15.0. The summed E-state index contributed by atoms with van der Waals surface area (Å²) in [5, 5.41) is 11.1. The Balaban J connectivity index is 2.06. The van der Waals surface area contributed by atoms with Crippen molar-refractivity contribution < 1.29 is 24.2 Å². The predicted molar refractivity (Wildman–Crippen MR) is 119 cm³/mol. The normalized spacial score (nSPS) is 17.9. The van der Waals surface area contributed by atoms with E-state index in [-0.39, 0.29) is 11.3 Å². The number of ketones is 1. The number of rotatable bonds is 9. The van der Waals surface area contributed by atoms with Gasteiger partial charge in [0.25, 0.3) is 11.7 Å². The highest BCUT2D eigenvalue weighted by atomic mass is 16.5. The zero-order valence-corrected chi connectivity index (χ0v) is 18.3. The van der Waals surface area contributed by atoms with Crippen molar-refractivity contribution >= 4 is 17.4 Å². The van der Waals surface area contributed by atoms with E-state index in [1.165, 1.54) is 4.90 Å². The van der Waals surface area contributed by atoms with E-state index in [1.54, 1.807) is 31.4 Å². The Kier molecular flexibility index (Phi) is 7.47. The Morgan fingerprint density at radius 3 is 2.29 bits per heavy atom. The van der Waals surface area contributed by atoms with Crippen LogP contribution in [0.1, 0.15) is 43.0 Å². The Bertz CT molecular complexity index is 947. The highest BCUT2D eigenvalue weighted by Gasteiger charge is 2.45. The van der Waals surface area contributed by atoms with Gasteiger partial charge < -0.3 is 19.5 Å². The SMILES string of the molecule is CCOc1ccc(/C(O)=C2/C(=O)C(=O)N(CCCOC)C2c2ccc(CC)cc2)cc1. The number of amides is 1. The molecule has 2 aromatic carbocycles. The zero-order chi connectivity index (χ0) is 22.4. The largest absolute Gasteiger partial charge is 0.507 e. The molecule has 0 saturated carbocycles. The Morgan fingerprint density at radius 1 is 1.03 bits per heavy atom. The third-order valence-corrected chi connectivity index (χ3v) is 5.43. The molecule has 1 saturated heterocycles. The van der Waals surface area contributed by atoms with Crippen LogP contribution in [0.2, 0.25) is 0 Å². The molecular formula is C25H29NO5. The van der Waals surface area contributed by atoms with Gasteiger partial charge in [-0.15, -0.1) is 0 Å². The van der Waals surface area contributed by atoms with Gasteiger partial charge in [0, 0.05) is 25.8 Å². The fourth-order valence-corrected chi connectivity index (χ4v) is 3.80. The lowest BCUT2D eigenvalue weighted by molar-refractivity contribution is -0.140. The second kappa shape index (κ2) is 10.3. The number of aryl methyl sites for hydroxylation is 1. The summed E-state index contributed by atoms with van der Waals surface area (Å²) in [6, 6.07) is 14.0. The summed E-state index contributed by atoms with van der Waals surface area (Å²) in [7, 11) is 1.60. The Labute approximate surface area is 183 Å². The molecule has 0 aliphatic carbocycles. The molecule has 6 nitrogen and oxygen atoms in total. The summed E-state index contributed by atoms with van der Waals surface area (Å²) in [6.45, 7) is 5.33. The minimum absolute atomic E-state index is 0.107. The van der Waals surface area contributed by atoms with E-state index in [1.807, 2.05) is 31.2 Å². The van der Waals surface area contributed by atoms with E-state index in [9.17, 15) is 14.7 Å². The van der Waals surface area contributed by atoms with Gasteiger partial charge in [-0.25, -0.2) is 0 Å². The van der Waals surface area contributed by atoms with Gasteiger partial charge in [0.1, 0.15) is 11.5 Å². The van der Waals surface area contributed by atoms with Gasteiger partial charge in [0.15, 0.2) is 0 Å². The number of hydrogen-bond donors (Lipinski definition) is 1. The second-order valence-electron chi connectivity index (χ2n) is 7.39. The van der Waals surface area contributed by atoms with E-state index < -0.39 is 17.7 Å². The summed E-state index contributed by atoms with van der Waals surface area (Å²) in [5.41, 5.74) is 2.53. The number of benzene rings is 2. The minimum Gasteiger partial charge on any atom is -0.507 e. The molecule has 3 rings (SSSR count). The molecule has 164 valence electrons. The highest BCUT2D eigenvalue weighted by molar-refractivity contribution is 6.46. The van der Waals surface area contributed by atoms with Crippen LogP contribution in [0, 0.1) is 0 Å². The lowest BCUT2D eigenvalue weighted by Crippen LogP contribution is -2.31. The van der Waals surface area contributed by atoms with Crippen LogP contribution in [0.25, 0.3) is 5.76 Å². The van der Waals surface area contributed by atoms with E-state index in [4.69, 9.17) is 9.47 Å². The van der Waals surface area contributed by atoms with E-state index in [0.29, 0.717) is 37.5 Å². The molecule has 1 heterocycles. The topological polar surface area (TPSA) is 76.1 Å². The van der Waals surface area contributed by atoms with E-state index in [2.05, 4.69) is 6.92 Å². The Morgan fingerprint density at radius 2 is 1.71 bits per heavy atom. The van der Waals surface area contributed by atoms with Crippen molar-refractivity contribution in [3.8, 4) is 5.75 Å². The van der Waals surface area contributed by atoms with Crippen molar-refractivity contribution in [1.82, 2.24) is 4.90 Å². The quantitative estimate of drug-likeness (QED) is 0.284. The van der Waals surface area contributed by atoms with Gasteiger partial charge in [-0.1, -0.05) is 31.2 Å². The van der Waals surface area contributed by atoms with Crippen molar-refractivity contribution in [1.29, 1.82) is 0 Å². The maximum Gasteiger partial charge on any atom is 0.295 e. The van der Waals surface area contributed by atoms with Crippen LogP contribution in [0.5, 0.6) is 5.75 Å². The molecule has 0 aromatic heterocycles. The van der Waals surface area contributed by atoms with Crippen LogP contribution >= 0.6 is 0 Å². The molecule has 1 unspecified atom stereocenters. The maximum atomic E-state index is 13.0. The molecule has 1 aliphatic rings. The van der Waals surface area contributed by atoms with Crippen molar-refractivity contribution in [3.63, 3.8) is 0 Å². The lowest BCUT2D eigenvalue weighted by atomic mass is 9.94. The molecule has 1 amide bonds. The van der Waals surface area contributed by atoms with Gasteiger partial charge in [-0.05, 0) is 55.2 Å². The number of aliphatic hydroxyl groups is 1. The average molecular weight is 424 g/mol. The monoisotopic (exact) mass is 423 g/mol. The predicted octanol–water partition coefficient (Wildman–Crippen LogP) is 4.11. The fourth-order valence-electron chi connectivity index (χ4n) is 3.80. The van der Waals surface area contributed by atoms with Gasteiger partial charge >= 0.3 is 0 Å². The van der Waals surface area contributed by atoms with Crippen molar-refractivity contribution in [2.75, 3.05) is 26.9 Å². The number of ether oxygens (including phenoxy) is 2. The average Bonchev–Trinajstić information content (AvgIpc) is 3.04. The van der Waals surface area contributed by atoms with Crippen LogP contribution in [-0.2, 0) is 20.7 Å². The third-order valence-electron chi connectivity index (χ3n) is 5.43. The standard InChI is InChI=1S/C25H29NO5/c1-4-17-7-9-18(10-8-17)22-21(24(28)25(29)26(22)15-6-16-30-3)23(27)19-11-13-20(14-12-19)31-5-2/h7-14,22,27H,4-6,15-16H2,1-3H3/b23-21-. The molecule has 1 atom stereocenters. The number of methoxy groups -OCH3 is 1. The summed E-state index contributed by atoms with van der Waals surface area (Å²) < 4.78 is 10.6. The molecule has 0 bridgehead atoms. The molecule has 6 heteroatoms. The van der Waals surface area contributed by atoms with Gasteiger partial charge in [0.2, 0.25) is 0 Å². The molecule has 0 radical (unpaired) electrons. The number of Topliss-reactive ketones (excluding diaryl/α,β-unsaturated/α-hetero) is 1. The molecule has 0 spiro atoms. The second-order valence-corrected chi connectivity index (χ2v) is 7.39. The number of nitrogens with zero attached hydrogens (tertiary/aromatic N) is 1. The minimum atomic E-state index is -0.673. The molecule has 1 aliphatic heterocycles. The van der Waals surface area contributed by atoms with Crippen LogP contribution in [0.15, 0.2) is 54.1 Å². The van der Waals surface area contributed by atoms with E-state index >= 15 is 0 Å².